The third-order valence-corrected chi connectivity index (χ3v) is 36.8. The largest absolute Gasteiger partial charge is 0.381 e. The van der Waals surface area contributed by atoms with E-state index >= 15 is 0 Å². The number of alkyl halides is 5. The number of halogens is 25. The summed E-state index contributed by atoms with van der Waals surface area (Å²) in [6, 6.07) is 89.6. The molecule has 0 radical (unpaired) electrons. The second-order valence-corrected chi connectivity index (χ2v) is 63.0. The molecule has 3 aliphatic heterocycles. The van der Waals surface area contributed by atoms with E-state index in [1.54, 1.807) is 18.2 Å². The van der Waals surface area contributed by atoms with E-state index in [2.05, 4.69) is 276 Å². The Bertz CT molecular complexity index is 5800. The normalized spacial score (nSPS) is 11.7. The highest BCUT2D eigenvalue weighted by Gasteiger charge is 2.34. The molecular formula is C112H120BBr8Cl17NO2Si3-3. The Morgan fingerprint density at radius 3 is 0.889 bits per heavy atom. The lowest BCUT2D eigenvalue weighted by Crippen LogP contribution is -2.54. The topological polar surface area (TPSA) is 38.3 Å². The summed E-state index contributed by atoms with van der Waals surface area (Å²) in [5.74, 6) is 0. The minimum Gasteiger partial charge on any atom is -0.381 e. The van der Waals surface area contributed by atoms with Crippen LogP contribution in [0.4, 0.5) is 11.4 Å². The summed E-state index contributed by atoms with van der Waals surface area (Å²) in [5.41, 5.74) is 13.8. The molecule has 0 aliphatic carbocycles. The molecule has 0 spiro atoms. The van der Waals surface area contributed by atoms with Crippen LogP contribution in [0.5, 0.6) is 0 Å². The SMILES string of the molecule is C.C.C.C.C1CCOC1.CCc1c(Cl)cccc1Br.CCc1c(Cl)cccc1Br.C[Si](C)(Cl)Cl.C[Si]1(C)c2cccc(Cl)c2C=Cc2c(Cl)cccc21.C[Si]1(C)c2cccc(Cl)c2C=Cc2c(Cl)cccc21.Cc1c(Cl)cccc1Br.ClC(Cl)(Cl)Cl.Clc1cccc(Br)c1/C=C\c1c(Cl)cccc1Br.Clc1cccc(Br)c1CBr.O=Cc1c(Cl)cccc1Br.[BH4-].[CH3-].[CH3-].c1ccc(Nc2cccc3ccccc23)cc1. The molecule has 32 heteroatoms. The molecule has 0 bridgehead atoms. The number of ether oxygens (including phenoxy) is 1. The molecule has 144 heavy (non-hydrogen) atoms. The summed E-state index contributed by atoms with van der Waals surface area (Å²) >= 11 is 124. The van der Waals surface area contributed by atoms with Crippen molar-refractivity contribution in [3.63, 3.8) is 0 Å². The number of carbonyl (C=O) groups is 1. The van der Waals surface area contributed by atoms with Crippen molar-refractivity contribution in [3.8, 4) is 0 Å². The first-order chi connectivity index (χ1) is 64.8. The van der Waals surface area contributed by atoms with Crippen LogP contribution < -0.4 is 26.1 Å². The summed E-state index contributed by atoms with van der Waals surface area (Å²) in [6.45, 7) is 19.6. The Balaban J connectivity index is 0. The van der Waals surface area contributed by atoms with Gasteiger partial charge in [-0.2, -0.15) is 0 Å². The molecular weight excluding hydrogens is 2730 g/mol. The maximum absolute atomic E-state index is 10.3. The molecule has 0 unspecified atom stereocenters. The van der Waals surface area contributed by atoms with E-state index in [1.165, 1.54) is 55.5 Å². The molecule has 14 aromatic rings. The minimum absolute atomic E-state index is 0. The highest BCUT2D eigenvalue weighted by Crippen LogP contribution is 2.37. The van der Waals surface area contributed by atoms with E-state index in [4.69, 9.17) is 201 Å². The summed E-state index contributed by atoms with van der Waals surface area (Å²) in [5, 5.41) is 20.7. The van der Waals surface area contributed by atoms with Gasteiger partial charge in [0.1, 0.15) is 16.1 Å². The van der Waals surface area contributed by atoms with Crippen molar-refractivity contribution in [1.29, 1.82) is 0 Å². The predicted octanol–water partition coefficient (Wildman–Crippen LogP) is 45.0. The number of nitrogens with one attached hydrogen (secondary N) is 1. The van der Waals surface area contributed by atoms with Crippen molar-refractivity contribution in [2.45, 2.75) is 124 Å². The number of anilines is 2. The Morgan fingerprint density at radius 1 is 0.361 bits per heavy atom. The Hall–Kier alpha value is -2.52. The smallest absolute Gasteiger partial charge is 0.266 e. The summed E-state index contributed by atoms with van der Waals surface area (Å²) in [4.78, 5) is 10.3. The van der Waals surface area contributed by atoms with Crippen molar-refractivity contribution in [3.05, 3.63) is 436 Å². The van der Waals surface area contributed by atoms with Crippen LogP contribution in [0.25, 0.3) is 47.2 Å². The van der Waals surface area contributed by atoms with Crippen LogP contribution in [-0.2, 0) is 22.9 Å². The zero-order chi connectivity index (χ0) is 101. The van der Waals surface area contributed by atoms with E-state index in [9.17, 15) is 4.79 Å². The molecule has 3 heterocycles. The molecule has 1 fully saturated rings. The monoisotopic (exact) mass is 2830 g/mol. The van der Waals surface area contributed by atoms with Gasteiger partial charge < -0.3 is 24.9 Å². The minimum atomic E-state index is -1.78. The highest BCUT2D eigenvalue weighted by molar-refractivity contribution is 9.11. The second-order valence-electron chi connectivity index (χ2n) is 31.0. The number of hydrogen-bond donors (Lipinski definition) is 1. The fraction of sp³-hybridized carbons (Fsp3) is 0.188. The third kappa shape index (κ3) is 47.8. The molecule has 0 atom stereocenters. The molecule has 17 rings (SSSR count). The molecule has 3 nitrogen and oxygen atoms in total. The molecule has 0 amide bonds. The maximum Gasteiger partial charge on any atom is 0.266 e. The first-order valence-electron chi connectivity index (χ1n) is 42.0. The lowest BCUT2D eigenvalue weighted by molar-refractivity contribution is 0.112. The summed E-state index contributed by atoms with van der Waals surface area (Å²) in [6.07, 6.45) is 17.5. The standard InChI is InChI=1S/2C16H14Cl2Si.C16H13N.C14H8Br2Cl2.2C8H8BrCl.C7H5Br2Cl.C7H4BrClO.C7H6BrCl.C4H8O.C2H6Cl2Si.CCl4.4CH4.2CH3.BH4/c2*1-19(2)15-7-3-5-13(17)11(15)9-10-12-14(18)6-4-8-16(12)19;1-2-9-14(10-3-1)17-16-12-6-8-13-7-4-5-11-15(13)16;15-11-3-1-5-13(17)9(11)7-8-10-12(16)4-2-6-14(10)18;2*1-2-6-7(9)4-3-5-8(6)10;8-4-5-6(9)2-1-3-7(5)10;8-6-2-1-3-7(9)5(6)4-10;1-5-6(8)3-2-4-7(5)9;1-2-4-5-3-1;1-5(2,3)4;2-1(3,4)5;;;;;;;/h2*3-10H,1-2H3;1-12,17H;1-8H;2*3-5H,2H2,1H3;1-3H,4H2;1-4H;2-4H,1H3;1-4H2;1-2H3;;4*1H4;2*1H3;1H4/q;;;;;;;;;;;;;;;;3*-1/b;;;8-7-;;;;;;;;;;;;;;;. The Morgan fingerprint density at radius 2 is 0.625 bits per heavy atom. The molecule has 0 saturated carbocycles. The number of benzene rings is 14. The van der Waals surface area contributed by atoms with E-state index < -0.39 is 26.1 Å². The van der Waals surface area contributed by atoms with Gasteiger partial charge in [-0.25, -0.2) is 0 Å². The number of hydrogen-bond acceptors (Lipinski definition) is 3. The lowest BCUT2D eigenvalue weighted by atomic mass is 10.1. The summed E-state index contributed by atoms with van der Waals surface area (Å²) < 4.78 is 10.3. The van der Waals surface area contributed by atoms with Gasteiger partial charge in [0.05, 0.1) is 5.02 Å². The average molecular weight is 2850 g/mol. The van der Waals surface area contributed by atoms with Gasteiger partial charge in [-0.15, -0.1) is 22.2 Å². The quantitative estimate of drug-likeness (QED) is 0.0411. The van der Waals surface area contributed by atoms with Crippen LogP contribution in [0, 0.1) is 21.8 Å². The van der Waals surface area contributed by atoms with Crippen LogP contribution in [-0.4, -0.2) is 54.0 Å². The second kappa shape index (κ2) is 73.0. The number of fused-ring (bicyclic) bond motifs is 5. The van der Waals surface area contributed by atoms with Crippen LogP contribution in [0.2, 0.25) is 94.5 Å². The van der Waals surface area contributed by atoms with Crippen LogP contribution in [0.15, 0.2) is 304 Å². The van der Waals surface area contributed by atoms with Gasteiger partial charge >= 0.3 is 0 Å². The van der Waals surface area contributed by atoms with Crippen LogP contribution in [0.1, 0.15) is 122 Å². The van der Waals surface area contributed by atoms with Crippen molar-refractivity contribution in [1.82, 2.24) is 0 Å². The number of carbonyl (C=O) groups excluding carboxylic acids is 1. The van der Waals surface area contributed by atoms with Crippen LogP contribution in [0.3, 0.4) is 0 Å². The third-order valence-electron chi connectivity index (χ3n) is 20.2. The predicted molar refractivity (Wildman–Crippen MR) is 702 cm³/mol. The van der Waals surface area contributed by atoms with E-state index in [-0.39, 0.29) is 53.0 Å². The van der Waals surface area contributed by atoms with Gasteiger partial charge in [0.25, 0.3) is 3.25 Å². The number of para-hydroxylation sites is 1. The van der Waals surface area contributed by atoms with Gasteiger partial charge in [-0.1, -0.05) is 562 Å². The maximum atomic E-state index is 10.3. The van der Waals surface area contributed by atoms with Crippen molar-refractivity contribution in [2.24, 2.45) is 0 Å². The van der Waals surface area contributed by atoms with Gasteiger partial charge in [-0.05, 0) is 244 Å². The van der Waals surface area contributed by atoms with Crippen LogP contribution >= 0.6 is 324 Å². The summed E-state index contributed by atoms with van der Waals surface area (Å²) in [7, 11) is -3.55. The van der Waals surface area contributed by atoms with Gasteiger partial charge in [0.2, 0.25) is 6.69 Å². The lowest BCUT2D eigenvalue weighted by Gasteiger charge is -2.26. The van der Waals surface area contributed by atoms with E-state index in [0.29, 0.717) is 20.6 Å². The fourth-order valence-electron chi connectivity index (χ4n) is 13.3. The molecule has 14 aromatic carbocycles. The number of aldehydes is 1. The molecule has 778 valence electrons. The van der Waals surface area contributed by atoms with Crippen molar-refractivity contribution >= 4 is 441 Å². The Labute approximate surface area is 1010 Å². The fourth-order valence-corrected chi connectivity index (χ4v) is 28.0. The van der Waals surface area contributed by atoms with Crippen molar-refractivity contribution < 1.29 is 9.53 Å². The molecule has 3 aliphatic rings. The van der Waals surface area contributed by atoms with Gasteiger partial charge in [-0.3, -0.25) is 4.79 Å². The van der Waals surface area contributed by atoms with E-state index in [0.717, 1.165) is 165 Å². The zero-order valence-corrected chi connectivity index (χ0v) is 106. The first-order valence-corrected chi connectivity index (χ1v) is 65.4. The average Bonchev–Trinajstić information content (AvgIpc) is 1.66. The zero-order valence-electron chi connectivity index (χ0n) is 77.2. The molecule has 1 N–H and O–H groups in total. The number of rotatable bonds is 8. The first kappa shape index (κ1) is 144. The van der Waals surface area contributed by atoms with Crippen molar-refractivity contribution in [2.75, 3.05) is 18.5 Å². The van der Waals surface area contributed by atoms with E-state index in [1.807, 2.05) is 208 Å². The highest BCUT2D eigenvalue weighted by atomic mass is 79.9. The Kier molecular flexibility index (Phi) is 72.8. The molecule has 0 aromatic heterocycles. The van der Waals surface area contributed by atoms with Gasteiger partial charge in [0, 0.05) is 134 Å². The molecule has 1 saturated heterocycles. The van der Waals surface area contributed by atoms with Gasteiger partial charge in [0.15, 0.2) is 6.29 Å².